The van der Waals surface area contributed by atoms with Crippen LogP contribution in [0.5, 0.6) is 0 Å². The topological polar surface area (TPSA) is 54.5 Å². The normalized spacial score (nSPS) is 32.2. The average molecular weight is 265 g/mol. The SMILES string of the molecule is CC(C)C(=O)C1CCC(N2C(=O)CC(C)C2=O)CC1. The summed E-state index contributed by atoms with van der Waals surface area (Å²) < 4.78 is 0. The molecule has 1 aliphatic heterocycles. The Labute approximate surface area is 114 Å². The van der Waals surface area contributed by atoms with Gasteiger partial charge in [0.25, 0.3) is 0 Å². The lowest BCUT2D eigenvalue weighted by atomic mass is 9.80. The van der Waals surface area contributed by atoms with Crippen molar-refractivity contribution < 1.29 is 14.4 Å². The quantitative estimate of drug-likeness (QED) is 0.735. The van der Waals surface area contributed by atoms with Crippen molar-refractivity contribution in [3.63, 3.8) is 0 Å². The zero-order chi connectivity index (χ0) is 14.2. The van der Waals surface area contributed by atoms with E-state index < -0.39 is 0 Å². The van der Waals surface area contributed by atoms with Crippen molar-refractivity contribution >= 4 is 17.6 Å². The molecular formula is C15H23NO3. The minimum Gasteiger partial charge on any atom is -0.299 e. The molecule has 19 heavy (non-hydrogen) atoms. The Balaban J connectivity index is 1.95. The summed E-state index contributed by atoms with van der Waals surface area (Å²) in [6.45, 7) is 5.68. The third-order valence-electron chi connectivity index (χ3n) is 4.44. The van der Waals surface area contributed by atoms with Crippen molar-refractivity contribution in [3.05, 3.63) is 0 Å². The number of ketones is 1. The van der Waals surface area contributed by atoms with Crippen molar-refractivity contribution in [3.8, 4) is 0 Å². The van der Waals surface area contributed by atoms with Gasteiger partial charge in [0.1, 0.15) is 5.78 Å². The van der Waals surface area contributed by atoms with Gasteiger partial charge in [-0.3, -0.25) is 19.3 Å². The van der Waals surface area contributed by atoms with E-state index in [0.29, 0.717) is 12.2 Å². The van der Waals surface area contributed by atoms with Crippen molar-refractivity contribution in [2.75, 3.05) is 0 Å². The molecule has 0 N–H and O–H groups in total. The lowest BCUT2D eigenvalue weighted by Crippen LogP contribution is -2.43. The molecule has 1 saturated heterocycles. The maximum Gasteiger partial charge on any atom is 0.232 e. The van der Waals surface area contributed by atoms with Crippen LogP contribution in [0.4, 0.5) is 0 Å². The second-order valence-corrected chi connectivity index (χ2v) is 6.27. The van der Waals surface area contributed by atoms with Gasteiger partial charge in [-0.05, 0) is 25.7 Å². The molecule has 106 valence electrons. The van der Waals surface area contributed by atoms with Crippen LogP contribution in [0.2, 0.25) is 0 Å². The van der Waals surface area contributed by atoms with Gasteiger partial charge in [0, 0.05) is 30.2 Å². The van der Waals surface area contributed by atoms with Gasteiger partial charge in [-0.15, -0.1) is 0 Å². The molecule has 2 amide bonds. The first kappa shape index (κ1) is 14.2. The van der Waals surface area contributed by atoms with E-state index in [1.807, 2.05) is 20.8 Å². The monoisotopic (exact) mass is 265 g/mol. The molecule has 0 aromatic carbocycles. The minimum absolute atomic E-state index is 0.0244. The predicted molar refractivity (Wildman–Crippen MR) is 71.2 cm³/mol. The molecule has 1 aliphatic carbocycles. The third-order valence-corrected chi connectivity index (χ3v) is 4.44. The first-order valence-electron chi connectivity index (χ1n) is 7.31. The van der Waals surface area contributed by atoms with E-state index in [9.17, 15) is 14.4 Å². The summed E-state index contributed by atoms with van der Waals surface area (Å²) in [4.78, 5) is 37.3. The number of Topliss-reactive ketones (excluding diaryl/α,β-unsaturated/α-hetero) is 1. The standard InChI is InChI=1S/C15H23NO3/c1-9(2)14(18)11-4-6-12(7-5-11)16-13(17)8-10(3)15(16)19/h9-12H,4-8H2,1-3H3. The number of hydrogen-bond donors (Lipinski definition) is 0. The van der Waals surface area contributed by atoms with Crippen LogP contribution in [0.3, 0.4) is 0 Å². The fraction of sp³-hybridized carbons (Fsp3) is 0.800. The molecule has 4 nitrogen and oxygen atoms in total. The molecule has 0 aromatic heterocycles. The molecule has 1 unspecified atom stereocenters. The Morgan fingerprint density at radius 1 is 1.16 bits per heavy atom. The van der Waals surface area contributed by atoms with Gasteiger partial charge < -0.3 is 0 Å². The van der Waals surface area contributed by atoms with Gasteiger partial charge >= 0.3 is 0 Å². The van der Waals surface area contributed by atoms with Crippen LogP contribution >= 0.6 is 0 Å². The minimum atomic E-state index is -0.164. The van der Waals surface area contributed by atoms with E-state index in [1.54, 1.807) is 0 Å². The van der Waals surface area contributed by atoms with Crippen LogP contribution < -0.4 is 0 Å². The highest BCUT2D eigenvalue weighted by atomic mass is 16.2. The number of nitrogens with zero attached hydrogens (tertiary/aromatic N) is 1. The van der Waals surface area contributed by atoms with Gasteiger partial charge in [0.15, 0.2) is 0 Å². The maximum atomic E-state index is 12.0. The number of carbonyl (C=O) groups excluding carboxylic acids is 3. The maximum absolute atomic E-state index is 12.0. The number of imide groups is 1. The van der Waals surface area contributed by atoms with E-state index in [2.05, 4.69) is 0 Å². The highest BCUT2D eigenvalue weighted by molar-refractivity contribution is 6.03. The summed E-state index contributed by atoms with van der Waals surface area (Å²) in [5.41, 5.74) is 0. The van der Waals surface area contributed by atoms with Crippen molar-refractivity contribution in [1.29, 1.82) is 0 Å². The molecule has 0 spiro atoms. The molecule has 2 aliphatic rings. The largest absolute Gasteiger partial charge is 0.299 e. The molecule has 2 rings (SSSR count). The number of rotatable bonds is 3. The third kappa shape index (κ3) is 2.72. The van der Waals surface area contributed by atoms with E-state index in [4.69, 9.17) is 0 Å². The van der Waals surface area contributed by atoms with Crippen LogP contribution in [-0.4, -0.2) is 28.5 Å². The molecule has 2 fully saturated rings. The first-order chi connectivity index (χ1) is 8.91. The number of likely N-dealkylation sites (tertiary alicyclic amines) is 1. The fourth-order valence-electron chi connectivity index (χ4n) is 3.28. The van der Waals surface area contributed by atoms with Gasteiger partial charge in [-0.1, -0.05) is 20.8 Å². The van der Waals surface area contributed by atoms with Crippen molar-refractivity contribution in [2.24, 2.45) is 17.8 Å². The number of hydrogen-bond acceptors (Lipinski definition) is 3. The van der Waals surface area contributed by atoms with Crippen LogP contribution in [0.15, 0.2) is 0 Å². The van der Waals surface area contributed by atoms with Gasteiger partial charge in [-0.2, -0.15) is 0 Å². The van der Waals surface area contributed by atoms with Crippen molar-refractivity contribution in [2.45, 2.75) is 58.9 Å². The predicted octanol–water partition coefficient (Wildman–Crippen LogP) is 2.17. The van der Waals surface area contributed by atoms with Crippen LogP contribution in [-0.2, 0) is 14.4 Å². The molecule has 1 heterocycles. The lowest BCUT2D eigenvalue weighted by molar-refractivity contribution is -0.143. The Hall–Kier alpha value is -1.19. The van der Waals surface area contributed by atoms with Crippen LogP contribution in [0.1, 0.15) is 52.9 Å². The van der Waals surface area contributed by atoms with E-state index in [1.165, 1.54) is 4.90 Å². The van der Waals surface area contributed by atoms with Crippen molar-refractivity contribution in [1.82, 2.24) is 4.90 Å². The highest BCUT2D eigenvalue weighted by Gasteiger charge is 2.41. The number of amides is 2. The lowest BCUT2D eigenvalue weighted by Gasteiger charge is -2.33. The molecule has 0 aromatic rings. The second kappa shape index (κ2) is 5.43. The van der Waals surface area contributed by atoms with Gasteiger partial charge in [-0.25, -0.2) is 0 Å². The summed E-state index contributed by atoms with van der Waals surface area (Å²) in [5.74, 6) is 0.311. The summed E-state index contributed by atoms with van der Waals surface area (Å²) in [6.07, 6.45) is 3.55. The van der Waals surface area contributed by atoms with Crippen LogP contribution in [0, 0.1) is 17.8 Å². The second-order valence-electron chi connectivity index (χ2n) is 6.27. The Kier molecular flexibility index (Phi) is 4.07. The van der Waals surface area contributed by atoms with Gasteiger partial charge in [0.05, 0.1) is 0 Å². The van der Waals surface area contributed by atoms with Crippen LogP contribution in [0.25, 0.3) is 0 Å². The Morgan fingerprint density at radius 3 is 2.16 bits per heavy atom. The molecule has 1 atom stereocenters. The smallest absolute Gasteiger partial charge is 0.232 e. The Morgan fingerprint density at radius 2 is 1.74 bits per heavy atom. The van der Waals surface area contributed by atoms with E-state index in [-0.39, 0.29) is 35.6 Å². The summed E-state index contributed by atoms with van der Waals surface area (Å²) in [5, 5.41) is 0. The van der Waals surface area contributed by atoms with E-state index in [0.717, 1.165) is 25.7 Å². The first-order valence-corrected chi connectivity index (χ1v) is 7.31. The highest BCUT2D eigenvalue weighted by Crippen LogP contribution is 2.33. The summed E-state index contributed by atoms with van der Waals surface area (Å²) in [6, 6.07) is 0.0289. The number of carbonyl (C=O) groups is 3. The molecule has 0 bridgehead atoms. The summed E-state index contributed by atoms with van der Waals surface area (Å²) >= 11 is 0. The van der Waals surface area contributed by atoms with E-state index >= 15 is 0 Å². The molecule has 1 saturated carbocycles. The average Bonchev–Trinajstić information content (AvgIpc) is 2.62. The Bertz CT molecular complexity index is 394. The fourth-order valence-corrected chi connectivity index (χ4v) is 3.28. The summed E-state index contributed by atoms with van der Waals surface area (Å²) in [7, 11) is 0. The molecule has 0 radical (unpaired) electrons. The zero-order valence-electron chi connectivity index (χ0n) is 12.0. The molecular weight excluding hydrogens is 242 g/mol. The zero-order valence-corrected chi connectivity index (χ0v) is 12.0. The molecule has 4 heteroatoms. The van der Waals surface area contributed by atoms with Gasteiger partial charge in [0.2, 0.25) is 11.8 Å².